The molecular weight excluding hydrogens is 301 g/mol. The highest BCUT2D eigenvalue weighted by atomic mass is 35.5. The van der Waals surface area contributed by atoms with Crippen LogP contribution in [-0.4, -0.2) is 9.97 Å². The van der Waals surface area contributed by atoms with Crippen LogP contribution in [0.2, 0.25) is 5.28 Å². The Hall–Kier alpha value is -1.62. The molecule has 0 unspecified atom stereocenters. The first kappa shape index (κ1) is 15.8. The van der Waals surface area contributed by atoms with Crippen molar-refractivity contribution in [2.24, 2.45) is 0 Å². The molecule has 112 valence electrons. The van der Waals surface area contributed by atoms with Gasteiger partial charge >= 0.3 is 6.18 Å². The smallest absolute Gasteiger partial charge is 0.222 e. The maximum Gasteiger partial charge on any atom is 0.417 e. The number of nitrogens with zero attached hydrogens (tertiary/aromatic N) is 2. The van der Waals surface area contributed by atoms with Crippen molar-refractivity contribution >= 4 is 11.6 Å². The first-order valence-electron chi connectivity index (χ1n) is 6.31. The van der Waals surface area contributed by atoms with Crippen molar-refractivity contribution in [2.75, 3.05) is 0 Å². The van der Waals surface area contributed by atoms with Gasteiger partial charge in [0.05, 0.1) is 17.0 Å². The predicted molar refractivity (Wildman–Crippen MR) is 76.2 cm³/mol. The molecule has 0 atom stereocenters. The molecule has 1 aromatic carbocycles. The second kappa shape index (κ2) is 5.30. The zero-order valence-corrected chi connectivity index (χ0v) is 12.5. The van der Waals surface area contributed by atoms with Gasteiger partial charge in [-0.2, -0.15) is 13.2 Å². The molecule has 2 aromatic rings. The molecule has 0 saturated heterocycles. The summed E-state index contributed by atoms with van der Waals surface area (Å²) < 4.78 is 39.3. The van der Waals surface area contributed by atoms with Crippen LogP contribution in [0.25, 0.3) is 11.3 Å². The fourth-order valence-electron chi connectivity index (χ4n) is 1.89. The summed E-state index contributed by atoms with van der Waals surface area (Å²) in [4.78, 5) is 8.04. The van der Waals surface area contributed by atoms with Crippen LogP contribution in [0, 0.1) is 0 Å². The molecule has 2 nitrogen and oxygen atoms in total. The average molecular weight is 315 g/mol. The summed E-state index contributed by atoms with van der Waals surface area (Å²) >= 11 is 5.87. The highest BCUT2D eigenvalue weighted by Gasteiger charge is 2.34. The Labute approximate surface area is 126 Å². The zero-order valence-electron chi connectivity index (χ0n) is 11.8. The zero-order chi connectivity index (χ0) is 15.8. The number of benzene rings is 1. The number of rotatable bonds is 1. The number of alkyl halides is 3. The topological polar surface area (TPSA) is 25.8 Å². The summed E-state index contributed by atoms with van der Waals surface area (Å²) in [6.07, 6.45) is -4.45. The van der Waals surface area contributed by atoms with Crippen molar-refractivity contribution in [3.05, 3.63) is 46.9 Å². The highest BCUT2D eigenvalue weighted by Crippen LogP contribution is 2.37. The van der Waals surface area contributed by atoms with Gasteiger partial charge in [0.2, 0.25) is 5.28 Å². The van der Waals surface area contributed by atoms with Crippen LogP contribution in [0.5, 0.6) is 0 Å². The van der Waals surface area contributed by atoms with Crippen LogP contribution >= 0.6 is 11.6 Å². The van der Waals surface area contributed by atoms with Crippen LogP contribution in [-0.2, 0) is 11.6 Å². The maximum absolute atomic E-state index is 13.1. The number of hydrogen-bond donors (Lipinski definition) is 0. The maximum atomic E-state index is 13.1. The predicted octanol–water partition coefficient (Wildman–Crippen LogP) is 5.11. The van der Waals surface area contributed by atoms with Gasteiger partial charge in [-0.1, -0.05) is 39.0 Å². The van der Waals surface area contributed by atoms with Gasteiger partial charge in [-0.15, -0.1) is 0 Å². The summed E-state index contributed by atoms with van der Waals surface area (Å²) in [5, 5.41) is -0.0607. The molecule has 0 amide bonds. The second-order valence-electron chi connectivity index (χ2n) is 5.70. The van der Waals surface area contributed by atoms with E-state index in [2.05, 4.69) is 9.97 Å². The molecule has 0 bridgehead atoms. The molecule has 1 aromatic heterocycles. The first-order valence-corrected chi connectivity index (χ1v) is 6.68. The molecule has 0 aliphatic heterocycles. The van der Waals surface area contributed by atoms with Crippen LogP contribution in [0.15, 0.2) is 30.3 Å². The molecule has 0 saturated carbocycles. The van der Waals surface area contributed by atoms with E-state index in [0.717, 1.165) is 6.07 Å². The van der Waals surface area contributed by atoms with E-state index in [1.807, 2.05) is 20.8 Å². The van der Waals surface area contributed by atoms with Crippen molar-refractivity contribution in [3.8, 4) is 11.3 Å². The lowest BCUT2D eigenvalue weighted by Gasteiger charge is -2.19. The Morgan fingerprint density at radius 3 is 2.19 bits per heavy atom. The Balaban J connectivity index is 2.66. The summed E-state index contributed by atoms with van der Waals surface area (Å²) in [7, 11) is 0. The fraction of sp³-hybridized carbons (Fsp3) is 0.333. The molecule has 0 radical (unpaired) electrons. The standard InChI is InChI=1S/C15H14ClF3N2/c1-14(2,3)12-8-11(20-13(16)21-12)9-6-4-5-7-10(9)15(17,18)19/h4-8H,1-3H3. The van der Waals surface area contributed by atoms with Crippen LogP contribution in [0.3, 0.4) is 0 Å². The highest BCUT2D eigenvalue weighted by molar-refractivity contribution is 6.28. The van der Waals surface area contributed by atoms with Gasteiger partial charge in [-0.05, 0) is 23.7 Å². The first-order chi connectivity index (χ1) is 9.59. The van der Waals surface area contributed by atoms with Crippen molar-refractivity contribution in [3.63, 3.8) is 0 Å². The van der Waals surface area contributed by atoms with E-state index in [4.69, 9.17) is 11.6 Å². The summed E-state index contributed by atoms with van der Waals surface area (Å²) in [6, 6.07) is 6.85. The largest absolute Gasteiger partial charge is 0.417 e. The minimum Gasteiger partial charge on any atom is -0.222 e. The third kappa shape index (κ3) is 3.53. The summed E-state index contributed by atoms with van der Waals surface area (Å²) in [5.74, 6) is 0. The van der Waals surface area contributed by atoms with Crippen LogP contribution in [0.1, 0.15) is 32.0 Å². The van der Waals surface area contributed by atoms with Gasteiger partial charge in [-0.25, -0.2) is 9.97 Å². The lowest BCUT2D eigenvalue weighted by Crippen LogP contribution is -2.15. The molecule has 0 aliphatic carbocycles. The second-order valence-corrected chi connectivity index (χ2v) is 6.04. The molecule has 2 rings (SSSR count). The van der Waals surface area contributed by atoms with Gasteiger partial charge < -0.3 is 0 Å². The third-order valence-corrected chi connectivity index (χ3v) is 3.14. The van der Waals surface area contributed by atoms with E-state index in [1.54, 1.807) is 6.07 Å². The van der Waals surface area contributed by atoms with Gasteiger partial charge in [0.25, 0.3) is 0 Å². The van der Waals surface area contributed by atoms with Crippen molar-refractivity contribution in [1.29, 1.82) is 0 Å². The average Bonchev–Trinajstić information content (AvgIpc) is 2.36. The summed E-state index contributed by atoms with van der Waals surface area (Å²) in [5.41, 5.74) is -0.309. The molecule has 0 spiro atoms. The van der Waals surface area contributed by atoms with E-state index in [0.29, 0.717) is 5.69 Å². The van der Waals surface area contributed by atoms with Gasteiger partial charge in [-0.3, -0.25) is 0 Å². The number of hydrogen-bond acceptors (Lipinski definition) is 2. The molecular formula is C15H14ClF3N2. The minimum absolute atomic E-state index is 0.000185. The molecule has 0 N–H and O–H groups in total. The molecule has 21 heavy (non-hydrogen) atoms. The molecule has 1 heterocycles. The van der Waals surface area contributed by atoms with Crippen molar-refractivity contribution in [2.45, 2.75) is 32.4 Å². The van der Waals surface area contributed by atoms with Crippen molar-refractivity contribution in [1.82, 2.24) is 9.97 Å². The van der Waals surface area contributed by atoms with E-state index >= 15 is 0 Å². The fourth-order valence-corrected chi connectivity index (χ4v) is 2.08. The third-order valence-electron chi connectivity index (χ3n) is 2.98. The molecule has 6 heteroatoms. The quantitative estimate of drug-likeness (QED) is 0.683. The van der Waals surface area contributed by atoms with Gasteiger partial charge in [0.1, 0.15) is 0 Å². The Kier molecular flexibility index (Phi) is 3.97. The Morgan fingerprint density at radius 1 is 1.00 bits per heavy atom. The Bertz CT molecular complexity index is 661. The minimum atomic E-state index is -4.45. The van der Waals surface area contributed by atoms with Crippen LogP contribution in [0.4, 0.5) is 13.2 Å². The van der Waals surface area contributed by atoms with E-state index in [-0.39, 0.29) is 22.0 Å². The molecule has 0 fully saturated rings. The monoisotopic (exact) mass is 314 g/mol. The number of halogens is 4. The van der Waals surface area contributed by atoms with Crippen LogP contribution < -0.4 is 0 Å². The number of aromatic nitrogens is 2. The van der Waals surface area contributed by atoms with Gasteiger partial charge in [0.15, 0.2) is 0 Å². The SMILES string of the molecule is CC(C)(C)c1cc(-c2ccccc2C(F)(F)F)nc(Cl)n1. The van der Waals surface area contributed by atoms with E-state index < -0.39 is 11.7 Å². The normalized spacial score (nSPS) is 12.5. The molecule has 0 aliphatic rings. The van der Waals surface area contributed by atoms with Crippen molar-refractivity contribution < 1.29 is 13.2 Å². The van der Waals surface area contributed by atoms with E-state index in [1.165, 1.54) is 18.2 Å². The van der Waals surface area contributed by atoms with E-state index in [9.17, 15) is 13.2 Å². The lowest BCUT2D eigenvalue weighted by molar-refractivity contribution is -0.137. The summed E-state index contributed by atoms with van der Waals surface area (Å²) in [6.45, 7) is 5.72. The Morgan fingerprint density at radius 2 is 1.62 bits per heavy atom. The lowest BCUT2D eigenvalue weighted by atomic mass is 9.90. The van der Waals surface area contributed by atoms with Gasteiger partial charge in [0, 0.05) is 11.0 Å².